The van der Waals surface area contributed by atoms with Gasteiger partial charge in [-0.1, -0.05) is 0 Å². The maximum atomic E-state index is 12.1. The Morgan fingerprint density at radius 2 is 2.20 bits per heavy atom. The molecule has 1 unspecified atom stereocenters. The fourth-order valence-corrected chi connectivity index (χ4v) is 2.49. The van der Waals surface area contributed by atoms with Gasteiger partial charge >= 0.3 is 6.03 Å². The number of nitrogens with one attached hydrogen (secondary N) is 1. The average Bonchev–Trinajstić information content (AvgIpc) is 2.30. The molecule has 0 radical (unpaired) electrons. The van der Waals surface area contributed by atoms with Gasteiger partial charge in [0.05, 0.1) is 6.17 Å². The highest BCUT2D eigenvalue weighted by Gasteiger charge is 2.30. The van der Waals surface area contributed by atoms with Crippen LogP contribution < -0.4 is 5.32 Å². The largest absolute Gasteiger partial charge is 0.325 e. The van der Waals surface area contributed by atoms with E-state index in [2.05, 4.69) is 12.2 Å². The second-order valence-electron chi connectivity index (χ2n) is 4.37. The second kappa shape index (κ2) is 4.84. The first-order valence-corrected chi connectivity index (χ1v) is 6.12. The minimum atomic E-state index is 0.225. The Hall–Kier alpha value is -0.770. The summed E-state index contributed by atoms with van der Waals surface area (Å²) in [5, 5.41) is 3.44. The van der Waals surface area contributed by atoms with Crippen molar-refractivity contribution in [3.05, 3.63) is 0 Å². The van der Waals surface area contributed by atoms with Crippen molar-refractivity contribution in [1.29, 1.82) is 0 Å². The van der Waals surface area contributed by atoms with Crippen LogP contribution in [0.2, 0.25) is 0 Å². The van der Waals surface area contributed by atoms with E-state index in [1.54, 1.807) is 0 Å². The molecule has 2 saturated heterocycles. The van der Waals surface area contributed by atoms with Gasteiger partial charge < -0.3 is 9.80 Å². The predicted octanol–water partition coefficient (Wildman–Crippen LogP) is 1.23. The Morgan fingerprint density at radius 3 is 2.87 bits per heavy atom. The third-order valence-corrected chi connectivity index (χ3v) is 3.39. The Morgan fingerprint density at radius 1 is 1.33 bits per heavy atom. The third-order valence-electron chi connectivity index (χ3n) is 3.39. The lowest BCUT2D eigenvalue weighted by Crippen LogP contribution is -2.58. The monoisotopic (exact) mass is 211 g/mol. The molecule has 2 amide bonds. The topological polar surface area (TPSA) is 35.6 Å². The molecule has 0 aliphatic carbocycles. The highest BCUT2D eigenvalue weighted by molar-refractivity contribution is 5.75. The van der Waals surface area contributed by atoms with Crippen molar-refractivity contribution in [3.8, 4) is 0 Å². The molecule has 2 rings (SSSR count). The summed E-state index contributed by atoms with van der Waals surface area (Å²) < 4.78 is 0. The minimum absolute atomic E-state index is 0.225. The molecule has 4 heteroatoms. The van der Waals surface area contributed by atoms with Crippen LogP contribution in [0.25, 0.3) is 0 Å². The normalized spacial score (nSPS) is 28.3. The van der Waals surface area contributed by atoms with Crippen molar-refractivity contribution < 1.29 is 4.79 Å². The van der Waals surface area contributed by atoms with E-state index in [1.807, 2.05) is 9.80 Å². The van der Waals surface area contributed by atoms with Crippen LogP contribution in [0, 0.1) is 0 Å². The van der Waals surface area contributed by atoms with Crippen LogP contribution in [0.1, 0.15) is 32.6 Å². The van der Waals surface area contributed by atoms with E-state index in [4.69, 9.17) is 0 Å². The molecular weight excluding hydrogens is 190 g/mol. The molecule has 1 atom stereocenters. The van der Waals surface area contributed by atoms with Crippen LogP contribution in [-0.4, -0.2) is 48.2 Å². The summed E-state index contributed by atoms with van der Waals surface area (Å²) in [4.78, 5) is 16.0. The molecule has 0 aromatic rings. The first kappa shape index (κ1) is 10.7. The zero-order valence-corrected chi connectivity index (χ0v) is 9.54. The molecule has 0 spiro atoms. The maximum absolute atomic E-state index is 12.1. The van der Waals surface area contributed by atoms with Gasteiger partial charge in [-0.2, -0.15) is 0 Å². The number of rotatable bonds is 2. The van der Waals surface area contributed by atoms with E-state index < -0.39 is 0 Å². The SMILES string of the molecule is CCN1CCCN(C2CCCCN2)C1=O. The van der Waals surface area contributed by atoms with Crippen molar-refractivity contribution in [1.82, 2.24) is 15.1 Å². The Balaban J connectivity index is 1.97. The fraction of sp³-hybridized carbons (Fsp3) is 0.909. The summed E-state index contributed by atoms with van der Waals surface area (Å²) in [6.45, 7) is 5.80. The summed E-state index contributed by atoms with van der Waals surface area (Å²) in [7, 11) is 0. The smallest absolute Gasteiger partial charge is 0.321 e. The molecular formula is C11H21N3O. The van der Waals surface area contributed by atoms with Crippen molar-refractivity contribution in [2.45, 2.75) is 38.8 Å². The second-order valence-corrected chi connectivity index (χ2v) is 4.37. The summed E-state index contributed by atoms with van der Waals surface area (Å²) in [5.74, 6) is 0. The number of hydrogen-bond donors (Lipinski definition) is 1. The molecule has 86 valence electrons. The van der Waals surface area contributed by atoms with Crippen LogP contribution in [0.5, 0.6) is 0 Å². The van der Waals surface area contributed by atoms with Gasteiger partial charge in [0.25, 0.3) is 0 Å². The lowest BCUT2D eigenvalue weighted by atomic mass is 10.1. The number of urea groups is 1. The highest BCUT2D eigenvalue weighted by Crippen LogP contribution is 2.17. The zero-order valence-electron chi connectivity index (χ0n) is 9.54. The fourth-order valence-electron chi connectivity index (χ4n) is 2.49. The summed E-state index contributed by atoms with van der Waals surface area (Å²) >= 11 is 0. The van der Waals surface area contributed by atoms with Gasteiger partial charge in [0.15, 0.2) is 0 Å². The number of piperidine rings is 1. The number of hydrogen-bond acceptors (Lipinski definition) is 2. The number of carbonyl (C=O) groups is 1. The van der Waals surface area contributed by atoms with Crippen LogP contribution in [0.4, 0.5) is 4.79 Å². The molecule has 4 nitrogen and oxygen atoms in total. The van der Waals surface area contributed by atoms with Crippen molar-refractivity contribution in [2.24, 2.45) is 0 Å². The molecule has 0 aromatic heterocycles. The lowest BCUT2D eigenvalue weighted by molar-refractivity contribution is 0.0898. The van der Waals surface area contributed by atoms with Crippen LogP contribution in [0.3, 0.4) is 0 Å². The highest BCUT2D eigenvalue weighted by atomic mass is 16.2. The molecule has 2 aliphatic heterocycles. The van der Waals surface area contributed by atoms with Gasteiger partial charge in [0, 0.05) is 19.6 Å². The maximum Gasteiger partial charge on any atom is 0.321 e. The summed E-state index contributed by atoms with van der Waals surface area (Å²) in [5.41, 5.74) is 0. The average molecular weight is 211 g/mol. The number of nitrogens with zero attached hydrogens (tertiary/aromatic N) is 2. The van der Waals surface area contributed by atoms with E-state index in [9.17, 15) is 4.79 Å². The summed E-state index contributed by atoms with van der Waals surface area (Å²) in [6.07, 6.45) is 5.01. The molecule has 15 heavy (non-hydrogen) atoms. The summed E-state index contributed by atoms with van der Waals surface area (Å²) in [6, 6.07) is 0.225. The van der Waals surface area contributed by atoms with Crippen LogP contribution in [0.15, 0.2) is 0 Å². The van der Waals surface area contributed by atoms with E-state index >= 15 is 0 Å². The van der Waals surface area contributed by atoms with Crippen molar-refractivity contribution in [2.75, 3.05) is 26.2 Å². The van der Waals surface area contributed by atoms with E-state index in [0.29, 0.717) is 6.17 Å². The van der Waals surface area contributed by atoms with Crippen molar-refractivity contribution in [3.63, 3.8) is 0 Å². The quantitative estimate of drug-likeness (QED) is 0.745. The zero-order chi connectivity index (χ0) is 10.7. The van der Waals surface area contributed by atoms with E-state index in [1.165, 1.54) is 12.8 Å². The van der Waals surface area contributed by atoms with Gasteiger partial charge in [-0.3, -0.25) is 5.32 Å². The van der Waals surface area contributed by atoms with E-state index in [-0.39, 0.29) is 6.03 Å². The van der Waals surface area contributed by atoms with Gasteiger partial charge in [-0.05, 0) is 39.2 Å². The number of carbonyl (C=O) groups excluding carboxylic acids is 1. The third kappa shape index (κ3) is 2.25. The predicted molar refractivity (Wildman–Crippen MR) is 59.6 cm³/mol. The van der Waals surface area contributed by atoms with Gasteiger partial charge in [0.2, 0.25) is 0 Å². The molecule has 1 N–H and O–H groups in total. The molecule has 0 saturated carbocycles. The molecule has 0 aromatic carbocycles. The van der Waals surface area contributed by atoms with Crippen LogP contribution >= 0.6 is 0 Å². The molecule has 0 bridgehead atoms. The van der Waals surface area contributed by atoms with Gasteiger partial charge in [-0.25, -0.2) is 4.79 Å². The Labute approximate surface area is 91.6 Å². The Bertz CT molecular complexity index is 226. The first-order valence-electron chi connectivity index (χ1n) is 6.12. The van der Waals surface area contributed by atoms with E-state index in [0.717, 1.165) is 39.0 Å². The first-order chi connectivity index (χ1) is 7.33. The molecule has 2 fully saturated rings. The Kier molecular flexibility index (Phi) is 3.46. The molecule has 2 aliphatic rings. The van der Waals surface area contributed by atoms with Crippen molar-refractivity contribution >= 4 is 6.03 Å². The standard InChI is InChI=1S/C11H21N3O/c1-2-13-8-5-9-14(11(13)15)10-6-3-4-7-12-10/h10,12H,2-9H2,1H3. The van der Waals surface area contributed by atoms with Crippen LogP contribution in [-0.2, 0) is 0 Å². The molecule has 2 heterocycles. The number of amides is 2. The minimum Gasteiger partial charge on any atom is -0.325 e. The van der Waals surface area contributed by atoms with Gasteiger partial charge in [0.1, 0.15) is 0 Å². The lowest BCUT2D eigenvalue weighted by Gasteiger charge is -2.41. The van der Waals surface area contributed by atoms with Gasteiger partial charge in [-0.15, -0.1) is 0 Å².